The molecule has 3 heteroatoms. The molecule has 0 spiro atoms. The molecule has 0 saturated heterocycles. The molecule has 2 rings (SSSR count). The van der Waals surface area contributed by atoms with E-state index in [1.165, 1.54) is 18.4 Å². The van der Waals surface area contributed by atoms with Gasteiger partial charge >= 0.3 is 0 Å². The molecule has 1 aromatic rings. The van der Waals surface area contributed by atoms with Crippen molar-refractivity contribution in [2.45, 2.75) is 32.1 Å². The van der Waals surface area contributed by atoms with Crippen LogP contribution in [0.25, 0.3) is 0 Å². The molecule has 0 unspecified atom stereocenters. The highest BCUT2D eigenvalue weighted by molar-refractivity contribution is 7.97. The molecule has 0 amide bonds. The number of rotatable bonds is 3. The summed E-state index contributed by atoms with van der Waals surface area (Å²) in [5, 5.41) is -0.232. The lowest BCUT2D eigenvalue weighted by atomic mass is 10.1. The van der Waals surface area contributed by atoms with Gasteiger partial charge in [-0.25, -0.2) is 0 Å². The molecular weight excluding hydrogens is 194 g/mol. The fraction of sp³-hybridized carbons (Fsp3) is 0.455. The maximum atomic E-state index is 11.1. The summed E-state index contributed by atoms with van der Waals surface area (Å²) in [4.78, 5) is 15.3. The molecule has 0 atom stereocenters. The maximum absolute atomic E-state index is 11.1. The highest BCUT2D eigenvalue weighted by Crippen LogP contribution is 2.40. The molecule has 1 fully saturated rings. The second-order valence-corrected chi connectivity index (χ2v) is 4.12. The smallest absolute Gasteiger partial charge is 0.234 e. The van der Waals surface area contributed by atoms with Gasteiger partial charge in [0.2, 0.25) is 5.12 Å². The Kier molecular flexibility index (Phi) is 2.59. The van der Waals surface area contributed by atoms with Crippen LogP contribution in [0.3, 0.4) is 0 Å². The van der Waals surface area contributed by atoms with Gasteiger partial charge in [0.25, 0.3) is 0 Å². The van der Waals surface area contributed by atoms with Crippen molar-refractivity contribution < 1.29 is 4.79 Å². The Morgan fingerprint density at radius 2 is 2.36 bits per heavy atom. The first kappa shape index (κ1) is 9.71. The largest absolute Gasteiger partial charge is 0.280 e. The van der Waals surface area contributed by atoms with Gasteiger partial charge in [-0.2, -0.15) is 0 Å². The predicted octanol–water partition coefficient (Wildman–Crippen LogP) is 2.59. The van der Waals surface area contributed by atoms with Crippen molar-refractivity contribution in [2.24, 2.45) is 0 Å². The SMILES string of the molecule is CCc1cc(C2CC2)cnc1C(=O)S. The van der Waals surface area contributed by atoms with Crippen molar-refractivity contribution in [2.75, 3.05) is 0 Å². The second-order valence-electron chi connectivity index (χ2n) is 3.71. The monoisotopic (exact) mass is 207 g/mol. The summed E-state index contributed by atoms with van der Waals surface area (Å²) >= 11 is 3.81. The van der Waals surface area contributed by atoms with E-state index < -0.39 is 0 Å². The van der Waals surface area contributed by atoms with Crippen molar-refractivity contribution in [3.8, 4) is 0 Å². The third kappa shape index (κ3) is 1.82. The first-order chi connectivity index (χ1) is 6.72. The number of carbonyl (C=O) groups is 1. The Hall–Kier alpha value is -0.830. The summed E-state index contributed by atoms with van der Waals surface area (Å²) < 4.78 is 0. The fourth-order valence-corrected chi connectivity index (χ4v) is 1.83. The summed E-state index contributed by atoms with van der Waals surface area (Å²) in [6.45, 7) is 2.04. The molecule has 1 aliphatic carbocycles. The Morgan fingerprint density at radius 1 is 1.64 bits per heavy atom. The maximum Gasteiger partial charge on any atom is 0.234 e. The minimum absolute atomic E-state index is 0.232. The zero-order valence-corrected chi connectivity index (χ0v) is 9.05. The van der Waals surface area contributed by atoms with Crippen molar-refractivity contribution >= 4 is 17.7 Å². The third-order valence-electron chi connectivity index (χ3n) is 2.62. The van der Waals surface area contributed by atoms with E-state index in [2.05, 4.69) is 23.7 Å². The Morgan fingerprint density at radius 3 is 2.86 bits per heavy atom. The molecular formula is C11H13NOS. The van der Waals surface area contributed by atoms with Crippen LogP contribution in [-0.4, -0.2) is 10.1 Å². The molecule has 1 aromatic heterocycles. The Bertz CT molecular complexity index is 372. The van der Waals surface area contributed by atoms with Crippen molar-refractivity contribution in [1.82, 2.24) is 4.98 Å². The van der Waals surface area contributed by atoms with Crippen LogP contribution in [0.15, 0.2) is 12.3 Å². The standard InChI is InChI=1S/C11H13NOS/c1-2-7-5-9(8-3-4-8)6-12-10(7)11(13)14/h5-6,8H,2-4H2,1H3,(H,13,14). The van der Waals surface area contributed by atoms with Gasteiger partial charge in [0.1, 0.15) is 5.69 Å². The second kappa shape index (κ2) is 3.73. The zero-order chi connectivity index (χ0) is 10.1. The van der Waals surface area contributed by atoms with Gasteiger partial charge in [-0.05, 0) is 36.3 Å². The van der Waals surface area contributed by atoms with Crippen LogP contribution in [0.1, 0.15) is 47.3 Å². The fourth-order valence-electron chi connectivity index (χ4n) is 1.63. The van der Waals surface area contributed by atoms with Crippen LogP contribution in [0.5, 0.6) is 0 Å². The summed E-state index contributed by atoms with van der Waals surface area (Å²) in [6.07, 6.45) is 5.19. The summed E-state index contributed by atoms with van der Waals surface area (Å²) in [6, 6.07) is 2.11. The van der Waals surface area contributed by atoms with Crippen LogP contribution in [0.2, 0.25) is 0 Å². The number of thiol groups is 1. The summed E-state index contributed by atoms with van der Waals surface area (Å²) in [7, 11) is 0. The van der Waals surface area contributed by atoms with Crippen LogP contribution >= 0.6 is 12.6 Å². The topological polar surface area (TPSA) is 30.0 Å². The van der Waals surface area contributed by atoms with E-state index in [-0.39, 0.29) is 5.12 Å². The van der Waals surface area contributed by atoms with E-state index in [0.717, 1.165) is 12.0 Å². The Labute approximate surface area is 89.2 Å². The van der Waals surface area contributed by atoms with Gasteiger partial charge in [0.15, 0.2) is 0 Å². The average Bonchev–Trinajstić information content (AvgIpc) is 3.00. The van der Waals surface area contributed by atoms with Crippen molar-refractivity contribution in [3.63, 3.8) is 0 Å². The van der Waals surface area contributed by atoms with E-state index in [1.54, 1.807) is 0 Å². The predicted molar refractivity (Wildman–Crippen MR) is 58.9 cm³/mol. The lowest BCUT2D eigenvalue weighted by Crippen LogP contribution is -2.01. The third-order valence-corrected chi connectivity index (χ3v) is 2.83. The number of pyridine rings is 1. The van der Waals surface area contributed by atoms with Gasteiger partial charge in [0, 0.05) is 6.20 Å². The van der Waals surface area contributed by atoms with Crippen LogP contribution in [0.4, 0.5) is 0 Å². The lowest BCUT2D eigenvalue weighted by molar-refractivity contribution is 0.108. The summed E-state index contributed by atoms with van der Waals surface area (Å²) in [5.74, 6) is 0.692. The molecule has 74 valence electrons. The van der Waals surface area contributed by atoms with Crippen LogP contribution < -0.4 is 0 Å². The molecule has 1 saturated carbocycles. The van der Waals surface area contributed by atoms with Crippen LogP contribution in [-0.2, 0) is 6.42 Å². The van der Waals surface area contributed by atoms with Gasteiger partial charge in [-0.15, -0.1) is 0 Å². The minimum Gasteiger partial charge on any atom is -0.280 e. The number of aryl methyl sites for hydroxylation is 1. The highest BCUT2D eigenvalue weighted by atomic mass is 32.1. The van der Waals surface area contributed by atoms with E-state index in [4.69, 9.17) is 0 Å². The first-order valence-corrected chi connectivity index (χ1v) is 5.39. The number of carbonyl (C=O) groups excluding carboxylic acids is 1. The number of nitrogens with zero attached hydrogens (tertiary/aromatic N) is 1. The van der Waals surface area contributed by atoms with Crippen LogP contribution in [0, 0.1) is 0 Å². The molecule has 0 radical (unpaired) electrons. The van der Waals surface area contributed by atoms with E-state index in [9.17, 15) is 4.79 Å². The summed E-state index contributed by atoms with van der Waals surface area (Å²) in [5.41, 5.74) is 2.81. The molecule has 0 bridgehead atoms. The van der Waals surface area contributed by atoms with Crippen molar-refractivity contribution in [1.29, 1.82) is 0 Å². The average molecular weight is 207 g/mol. The van der Waals surface area contributed by atoms with E-state index >= 15 is 0 Å². The molecule has 1 heterocycles. The number of hydrogen-bond donors (Lipinski definition) is 1. The van der Waals surface area contributed by atoms with Gasteiger partial charge in [-0.1, -0.05) is 25.6 Å². The molecule has 0 N–H and O–H groups in total. The van der Waals surface area contributed by atoms with Gasteiger partial charge < -0.3 is 0 Å². The number of aromatic nitrogens is 1. The highest BCUT2D eigenvalue weighted by Gasteiger charge is 2.24. The molecule has 2 nitrogen and oxygen atoms in total. The van der Waals surface area contributed by atoms with Gasteiger partial charge in [-0.3, -0.25) is 9.78 Å². The Balaban J connectivity index is 2.38. The zero-order valence-electron chi connectivity index (χ0n) is 8.16. The van der Waals surface area contributed by atoms with Gasteiger partial charge in [0.05, 0.1) is 0 Å². The molecule has 1 aliphatic rings. The quantitative estimate of drug-likeness (QED) is 0.772. The van der Waals surface area contributed by atoms with E-state index in [0.29, 0.717) is 11.6 Å². The minimum atomic E-state index is -0.232. The molecule has 0 aromatic carbocycles. The number of hydrogen-bond acceptors (Lipinski definition) is 2. The van der Waals surface area contributed by atoms with Crippen molar-refractivity contribution in [3.05, 3.63) is 29.1 Å². The van der Waals surface area contributed by atoms with E-state index in [1.807, 2.05) is 13.1 Å². The molecule has 0 aliphatic heterocycles. The first-order valence-electron chi connectivity index (χ1n) is 4.94. The molecule has 14 heavy (non-hydrogen) atoms. The lowest BCUT2D eigenvalue weighted by Gasteiger charge is -2.05. The normalized spacial score (nSPS) is 15.6.